The highest BCUT2D eigenvalue weighted by Gasteiger charge is 2.19. The van der Waals surface area contributed by atoms with Crippen molar-refractivity contribution in [3.63, 3.8) is 0 Å². The van der Waals surface area contributed by atoms with E-state index in [1.165, 1.54) is 0 Å². The zero-order valence-electron chi connectivity index (χ0n) is 9.77. The molecule has 1 aromatic rings. The normalized spacial score (nSPS) is 11.2. The summed E-state index contributed by atoms with van der Waals surface area (Å²) in [5, 5.41) is 19.4. The lowest BCUT2D eigenvalue weighted by Crippen LogP contribution is -2.07. The largest absolute Gasteiger partial charge is 0.477 e. The fourth-order valence-corrected chi connectivity index (χ4v) is 3.28. The van der Waals surface area contributed by atoms with Gasteiger partial charge in [0.2, 0.25) is 0 Å². The van der Waals surface area contributed by atoms with Gasteiger partial charge in [-0.1, -0.05) is 11.8 Å². The van der Waals surface area contributed by atoms with Gasteiger partial charge in [0.15, 0.2) is 5.03 Å². The van der Waals surface area contributed by atoms with Crippen LogP contribution in [0.2, 0.25) is 0 Å². The third-order valence-corrected chi connectivity index (χ3v) is 4.14. The van der Waals surface area contributed by atoms with Crippen LogP contribution in [-0.2, 0) is 9.84 Å². The molecule has 0 amide bonds. The van der Waals surface area contributed by atoms with Crippen LogP contribution in [0.5, 0.6) is 0 Å². The number of pyridine rings is 1. The minimum absolute atomic E-state index is 0.0652. The highest BCUT2D eigenvalue weighted by Crippen LogP contribution is 2.27. The Balaban J connectivity index is 2.98. The zero-order valence-corrected chi connectivity index (χ0v) is 11.4. The smallest absolute Gasteiger partial charge is 0.354 e. The fraction of sp³-hybridized carbons (Fsp3) is 0.333. The van der Waals surface area contributed by atoms with Crippen molar-refractivity contribution in [2.24, 2.45) is 0 Å². The van der Waals surface area contributed by atoms with Gasteiger partial charge in [0.1, 0.15) is 15.5 Å². The Morgan fingerprint density at radius 3 is 2.63 bits per heavy atom. The summed E-state index contributed by atoms with van der Waals surface area (Å²) >= 11 is 0.839. The number of rotatable bonds is 6. The topological polar surface area (TPSA) is 127 Å². The first-order chi connectivity index (χ1) is 8.70. The van der Waals surface area contributed by atoms with Crippen molar-refractivity contribution in [3.05, 3.63) is 27.9 Å². The van der Waals surface area contributed by atoms with Crippen LogP contribution in [0.4, 0.5) is 5.69 Å². The number of hydrogen-bond donors (Lipinski definition) is 1. The molecule has 1 rings (SSSR count). The predicted octanol–water partition coefficient (Wildman–Crippen LogP) is 0.825. The van der Waals surface area contributed by atoms with Crippen LogP contribution in [0, 0.1) is 10.1 Å². The summed E-state index contributed by atoms with van der Waals surface area (Å²) in [4.78, 5) is 24.4. The van der Waals surface area contributed by atoms with E-state index in [2.05, 4.69) is 4.98 Å². The molecule has 0 saturated heterocycles. The zero-order chi connectivity index (χ0) is 14.6. The van der Waals surface area contributed by atoms with Gasteiger partial charge in [-0.05, 0) is 6.07 Å². The maximum atomic E-state index is 11.0. The summed E-state index contributed by atoms with van der Waals surface area (Å²) in [7, 11) is -3.19. The predicted molar refractivity (Wildman–Crippen MR) is 68.3 cm³/mol. The lowest BCUT2D eigenvalue weighted by atomic mass is 10.3. The highest BCUT2D eigenvalue weighted by molar-refractivity contribution is 8.00. The Morgan fingerprint density at radius 2 is 2.16 bits per heavy atom. The molecular weight excluding hydrogens is 296 g/mol. The molecule has 0 spiro atoms. The molecule has 0 aliphatic carbocycles. The molecule has 0 aliphatic rings. The number of aromatic nitrogens is 1. The first-order valence-corrected chi connectivity index (χ1v) is 7.94. The molecule has 0 aromatic carbocycles. The van der Waals surface area contributed by atoms with Crippen molar-refractivity contribution in [1.29, 1.82) is 0 Å². The quantitative estimate of drug-likeness (QED) is 0.465. The first kappa shape index (κ1) is 15.4. The maximum absolute atomic E-state index is 11.0. The van der Waals surface area contributed by atoms with Gasteiger partial charge in [-0.25, -0.2) is 18.2 Å². The number of aromatic carboxylic acids is 1. The SMILES string of the molecule is CS(=O)(=O)CCSc1nc(C(=O)O)ccc1[N+](=O)[O-]. The fourth-order valence-electron chi connectivity index (χ4n) is 1.09. The van der Waals surface area contributed by atoms with Crippen LogP contribution in [-0.4, -0.2) is 47.2 Å². The van der Waals surface area contributed by atoms with Crippen molar-refractivity contribution >= 4 is 33.3 Å². The number of carboxylic acids is 1. The van der Waals surface area contributed by atoms with Crippen LogP contribution in [0.25, 0.3) is 0 Å². The van der Waals surface area contributed by atoms with E-state index in [1.807, 2.05) is 0 Å². The molecule has 0 unspecified atom stereocenters. The second kappa shape index (κ2) is 5.97. The van der Waals surface area contributed by atoms with Crippen molar-refractivity contribution in [2.45, 2.75) is 5.03 Å². The van der Waals surface area contributed by atoms with Gasteiger partial charge in [0.25, 0.3) is 0 Å². The van der Waals surface area contributed by atoms with E-state index in [0.29, 0.717) is 0 Å². The summed E-state index contributed by atoms with van der Waals surface area (Å²) in [6, 6.07) is 2.07. The van der Waals surface area contributed by atoms with Gasteiger partial charge in [-0.15, -0.1) is 0 Å². The Hall–Kier alpha value is -1.68. The molecule has 0 saturated carbocycles. The van der Waals surface area contributed by atoms with E-state index in [4.69, 9.17) is 5.11 Å². The molecule has 10 heteroatoms. The average Bonchev–Trinajstić information content (AvgIpc) is 2.26. The second-order valence-electron chi connectivity index (χ2n) is 3.56. The number of sulfone groups is 1. The van der Waals surface area contributed by atoms with Crippen molar-refractivity contribution < 1.29 is 23.2 Å². The standard InChI is InChI=1S/C9H10N2O6S2/c1-19(16,17)5-4-18-8-7(11(14)15)3-2-6(10-8)9(12)13/h2-3H,4-5H2,1H3,(H,12,13). The number of carboxylic acid groups (broad SMARTS) is 1. The Labute approximate surface area is 112 Å². The minimum Gasteiger partial charge on any atom is -0.477 e. The van der Waals surface area contributed by atoms with E-state index in [0.717, 1.165) is 30.2 Å². The summed E-state index contributed by atoms with van der Waals surface area (Å²) in [5.74, 6) is -1.41. The van der Waals surface area contributed by atoms with Crippen LogP contribution in [0.3, 0.4) is 0 Å². The van der Waals surface area contributed by atoms with Gasteiger partial charge in [-0.3, -0.25) is 10.1 Å². The molecule has 1 aromatic heterocycles. The molecule has 1 N–H and O–H groups in total. The Kier molecular flexibility index (Phi) is 4.84. The van der Waals surface area contributed by atoms with Gasteiger partial charge < -0.3 is 5.11 Å². The van der Waals surface area contributed by atoms with E-state index < -0.39 is 20.7 Å². The van der Waals surface area contributed by atoms with E-state index in [-0.39, 0.29) is 27.9 Å². The molecule has 0 atom stereocenters. The molecular formula is C9H10N2O6S2. The summed E-state index contributed by atoms with van der Waals surface area (Å²) in [5.41, 5.74) is -0.670. The van der Waals surface area contributed by atoms with Crippen LogP contribution in [0.1, 0.15) is 10.5 Å². The van der Waals surface area contributed by atoms with Crippen LogP contribution >= 0.6 is 11.8 Å². The number of thioether (sulfide) groups is 1. The second-order valence-corrected chi connectivity index (χ2v) is 6.90. The van der Waals surface area contributed by atoms with Crippen molar-refractivity contribution in [3.8, 4) is 0 Å². The molecule has 8 nitrogen and oxygen atoms in total. The summed E-state index contributed by atoms with van der Waals surface area (Å²) in [6.45, 7) is 0. The lowest BCUT2D eigenvalue weighted by molar-refractivity contribution is -0.388. The van der Waals surface area contributed by atoms with Crippen LogP contribution < -0.4 is 0 Å². The molecule has 0 radical (unpaired) electrons. The van der Waals surface area contributed by atoms with Crippen molar-refractivity contribution in [1.82, 2.24) is 4.98 Å². The molecule has 0 bridgehead atoms. The third-order valence-electron chi connectivity index (χ3n) is 1.95. The Morgan fingerprint density at radius 1 is 1.53 bits per heavy atom. The number of hydrogen-bond acceptors (Lipinski definition) is 7. The van der Waals surface area contributed by atoms with Gasteiger partial charge in [0, 0.05) is 18.1 Å². The maximum Gasteiger partial charge on any atom is 0.354 e. The molecule has 0 fully saturated rings. The van der Waals surface area contributed by atoms with Crippen LogP contribution in [0.15, 0.2) is 17.2 Å². The van der Waals surface area contributed by atoms with E-state index in [1.54, 1.807) is 0 Å². The average molecular weight is 306 g/mol. The van der Waals surface area contributed by atoms with Crippen molar-refractivity contribution in [2.75, 3.05) is 17.8 Å². The molecule has 0 aliphatic heterocycles. The lowest BCUT2D eigenvalue weighted by Gasteiger charge is -2.03. The van der Waals surface area contributed by atoms with Gasteiger partial charge >= 0.3 is 11.7 Å². The Bertz CT molecular complexity index is 613. The van der Waals surface area contributed by atoms with Gasteiger partial charge in [0.05, 0.1) is 10.7 Å². The summed E-state index contributed by atoms with van der Waals surface area (Å²) < 4.78 is 21.9. The first-order valence-electron chi connectivity index (χ1n) is 4.90. The minimum atomic E-state index is -3.19. The molecule has 19 heavy (non-hydrogen) atoms. The third kappa shape index (κ3) is 4.83. The van der Waals surface area contributed by atoms with Gasteiger partial charge in [-0.2, -0.15) is 0 Å². The van der Waals surface area contributed by atoms with E-state index in [9.17, 15) is 23.3 Å². The highest BCUT2D eigenvalue weighted by atomic mass is 32.2. The number of nitrogens with zero attached hydrogens (tertiary/aromatic N) is 2. The molecule has 104 valence electrons. The number of nitro groups is 1. The number of carbonyl (C=O) groups is 1. The monoisotopic (exact) mass is 306 g/mol. The summed E-state index contributed by atoms with van der Waals surface area (Å²) in [6.07, 6.45) is 1.04. The molecule has 1 heterocycles. The van der Waals surface area contributed by atoms with E-state index >= 15 is 0 Å².